The van der Waals surface area contributed by atoms with Crippen molar-refractivity contribution in [2.24, 2.45) is 11.8 Å². The fourth-order valence-electron chi connectivity index (χ4n) is 3.06. The summed E-state index contributed by atoms with van der Waals surface area (Å²) in [5, 5.41) is 15.3. The Bertz CT molecular complexity index is 332. The first-order valence-corrected chi connectivity index (χ1v) is 6.86. The number of amides is 1. The van der Waals surface area contributed by atoms with Crippen molar-refractivity contribution in [1.82, 2.24) is 10.6 Å². The number of hydrogen-bond acceptors (Lipinski definition) is 3. The molecule has 4 unspecified atom stereocenters. The molecule has 1 amide bonds. The average Bonchev–Trinajstić information content (AvgIpc) is 2.76. The summed E-state index contributed by atoms with van der Waals surface area (Å²) in [5.41, 5.74) is 0. The normalized spacial score (nSPS) is 36.3. The molecule has 4 atom stereocenters. The van der Waals surface area contributed by atoms with Gasteiger partial charge in [-0.1, -0.05) is 19.8 Å². The molecule has 3 N–H and O–H groups in total. The lowest BCUT2D eigenvalue weighted by Crippen LogP contribution is -2.51. The SMILES string of the molecule is CC1CCNC1C(=O)NC1CCCCC1C(=O)O. The van der Waals surface area contributed by atoms with E-state index in [1.54, 1.807) is 0 Å². The maximum atomic E-state index is 12.1. The van der Waals surface area contributed by atoms with Crippen molar-refractivity contribution in [2.45, 2.75) is 51.1 Å². The van der Waals surface area contributed by atoms with Crippen LogP contribution in [0, 0.1) is 11.8 Å². The number of carboxylic acid groups (broad SMARTS) is 1. The van der Waals surface area contributed by atoms with Crippen molar-refractivity contribution in [3.8, 4) is 0 Å². The first kappa shape index (κ1) is 13.3. The number of hydrogen-bond donors (Lipinski definition) is 3. The van der Waals surface area contributed by atoms with Crippen molar-refractivity contribution in [1.29, 1.82) is 0 Å². The summed E-state index contributed by atoms with van der Waals surface area (Å²) in [5.74, 6) is -0.901. The third kappa shape index (κ3) is 2.83. The summed E-state index contributed by atoms with van der Waals surface area (Å²) in [6.07, 6.45) is 4.41. The second kappa shape index (κ2) is 5.69. The van der Waals surface area contributed by atoms with Crippen LogP contribution in [-0.2, 0) is 9.59 Å². The van der Waals surface area contributed by atoms with E-state index in [0.717, 1.165) is 32.2 Å². The van der Waals surface area contributed by atoms with Crippen LogP contribution >= 0.6 is 0 Å². The number of carbonyl (C=O) groups excluding carboxylic acids is 1. The number of carboxylic acids is 1. The summed E-state index contributed by atoms with van der Waals surface area (Å²) in [6.45, 7) is 2.92. The number of aliphatic carboxylic acids is 1. The molecule has 5 heteroatoms. The van der Waals surface area contributed by atoms with Gasteiger partial charge in [-0.05, 0) is 31.7 Å². The summed E-state index contributed by atoms with van der Waals surface area (Å²) in [7, 11) is 0. The molecule has 0 spiro atoms. The molecule has 2 fully saturated rings. The Hall–Kier alpha value is -1.10. The second-order valence-corrected chi connectivity index (χ2v) is 5.54. The largest absolute Gasteiger partial charge is 0.481 e. The zero-order valence-corrected chi connectivity index (χ0v) is 10.8. The molecule has 0 radical (unpaired) electrons. The molecule has 2 rings (SSSR count). The van der Waals surface area contributed by atoms with Gasteiger partial charge >= 0.3 is 5.97 Å². The Morgan fingerprint density at radius 2 is 1.94 bits per heavy atom. The van der Waals surface area contributed by atoms with Crippen LogP contribution in [0.25, 0.3) is 0 Å². The van der Waals surface area contributed by atoms with E-state index in [-0.39, 0.29) is 18.0 Å². The molecule has 1 aliphatic heterocycles. The predicted octanol–water partition coefficient (Wildman–Crippen LogP) is 0.744. The summed E-state index contributed by atoms with van der Waals surface area (Å²) >= 11 is 0. The van der Waals surface area contributed by atoms with E-state index in [9.17, 15) is 14.7 Å². The molecule has 1 aliphatic carbocycles. The number of rotatable bonds is 3. The molecular formula is C13H22N2O3. The summed E-state index contributed by atoms with van der Waals surface area (Å²) < 4.78 is 0. The molecule has 2 aliphatic rings. The van der Waals surface area contributed by atoms with Crippen molar-refractivity contribution in [3.63, 3.8) is 0 Å². The molecule has 1 saturated carbocycles. The molecule has 0 aromatic heterocycles. The maximum absolute atomic E-state index is 12.1. The van der Waals surface area contributed by atoms with E-state index in [0.29, 0.717) is 12.3 Å². The van der Waals surface area contributed by atoms with E-state index in [1.807, 2.05) is 0 Å². The first-order chi connectivity index (χ1) is 8.59. The highest BCUT2D eigenvalue weighted by atomic mass is 16.4. The quantitative estimate of drug-likeness (QED) is 0.694. The van der Waals surface area contributed by atoms with Gasteiger partial charge in [0, 0.05) is 6.04 Å². The van der Waals surface area contributed by atoms with E-state index in [4.69, 9.17) is 0 Å². The van der Waals surface area contributed by atoms with Gasteiger partial charge in [-0.25, -0.2) is 0 Å². The third-order valence-electron chi connectivity index (χ3n) is 4.23. The van der Waals surface area contributed by atoms with Crippen molar-refractivity contribution in [3.05, 3.63) is 0 Å². The summed E-state index contributed by atoms with van der Waals surface area (Å²) in [6, 6.07) is -0.347. The van der Waals surface area contributed by atoms with E-state index in [2.05, 4.69) is 17.6 Å². The number of carbonyl (C=O) groups is 2. The van der Waals surface area contributed by atoms with Crippen LogP contribution in [0.5, 0.6) is 0 Å². The van der Waals surface area contributed by atoms with Crippen LogP contribution in [0.4, 0.5) is 0 Å². The minimum Gasteiger partial charge on any atom is -0.481 e. The van der Waals surface area contributed by atoms with Gasteiger partial charge in [0.05, 0.1) is 12.0 Å². The standard InChI is InChI=1S/C13H22N2O3/c1-8-6-7-14-11(8)12(16)15-10-5-3-2-4-9(10)13(17)18/h8-11,14H,2-7H2,1H3,(H,15,16)(H,17,18). The minimum atomic E-state index is -0.785. The molecule has 102 valence electrons. The monoisotopic (exact) mass is 254 g/mol. The third-order valence-corrected chi connectivity index (χ3v) is 4.23. The van der Waals surface area contributed by atoms with Gasteiger partial charge in [-0.3, -0.25) is 9.59 Å². The van der Waals surface area contributed by atoms with Crippen LogP contribution in [0.15, 0.2) is 0 Å². The van der Waals surface area contributed by atoms with Gasteiger partial charge in [0.15, 0.2) is 0 Å². The molecule has 18 heavy (non-hydrogen) atoms. The van der Waals surface area contributed by atoms with Gasteiger partial charge < -0.3 is 15.7 Å². The highest BCUT2D eigenvalue weighted by Gasteiger charge is 2.35. The zero-order chi connectivity index (χ0) is 13.1. The highest BCUT2D eigenvalue weighted by molar-refractivity contribution is 5.83. The summed E-state index contributed by atoms with van der Waals surface area (Å²) in [4.78, 5) is 23.3. The second-order valence-electron chi connectivity index (χ2n) is 5.54. The Kier molecular flexibility index (Phi) is 4.22. The molecule has 1 saturated heterocycles. The fraction of sp³-hybridized carbons (Fsp3) is 0.846. The Morgan fingerprint density at radius 3 is 2.56 bits per heavy atom. The Labute approximate surface area is 107 Å². The molecule has 0 bridgehead atoms. The van der Waals surface area contributed by atoms with Gasteiger partial charge in [0.2, 0.25) is 5.91 Å². The van der Waals surface area contributed by atoms with Crippen LogP contribution in [0.3, 0.4) is 0 Å². The Morgan fingerprint density at radius 1 is 1.22 bits per heavy atom. The van der Waals surface area contributed by atoms with E-state index < -0.39 is 11.9 Å². The lowest BCUT2D eigenvalue weighted by molar-refractivity contribution is -0.144. The maximum Gasteiger partial charge on any atom is 0.308 e. The van der Waals surface area contributed by atoms with Gasteiger partial charge in [0.25, 0.3) is 0 Å². The molecule has 0 aromatic carbocycles. The van der Waals surface area contributed by atoms with Crippen molar-refractivity contribution in [2.75, 3.05) is 6.54 Å². The molecule has 0 aromatic rings. The van der Waals surface area contributed by atoms with E-state index >= 15 is 0 Å². The zero-order valence-electron chi connectivity index (χ0n) is 10.8. The van der Waals surface area contributed by atoms with Crippen molar-refractivity contribution < 1.29 is 14.7 Å². The van der Waals surface area contributed by atoms with Crippen LogP contribution < -0.4 is 10.6 Å². The van der Waals surface area contributed by atoms with Gasteiger partial charge in [0.1, 0.15) is 0 Å². The van der Waals surface area contributed by atoms with Crippen molar-refractivity contribution >= 4 is 11.9 Å². The minimum absolute atomic E-state index is 0.0295. The van der Waals surface area contributed by atoms with Crippen LogP contribution in [0.1, 0.15) is 39.0 Å². The first-order valence-electron chi connectivity index (χ1n) is 6.86. The smallest absolute Gasteiger partial charge is 0.308 e. The van der Waals surface area contributed by atoms with Gasteiger partial charge in [-0.2, -0.15) is 0 Å². The molecule has 5 nitrogen and oxygen atoms in total. The highest BCUT2D eigenvalue weighted by Crippen LogP contribution is 2.25. The topological polar surface area (TPSA) is 78.4 Å². The van der Waals surface area contributed by atoms with Gasteiger partial charge in [-0.15, -0.1) is 0 Å². The Balaban J connectivity index is 1.94. The number of nitrogens with one attached hydrogen (secondary N) is 2. The fourth-order valence-corrected chi connectivity index (χ4v) is 3.06. The average molecular weight is 254 g/mol. The molecule has 1 heterocycles. The lowest BCUT2D eigenvalue weighted by Gasteiger charge is -2.30. The lowest BCUT2D eigenvalue weighted by atomic mass is 9.84. The van der Waals surface area contributed by atoms with Crippen LogP contribution in [-0.4, -0.2) is 35.6 Å². The predicted molar refractivity (Wildman–Crippen MR) is 67.1 cm³/mol. The van der Waals surface area contributed by atoms with E-state index in [1.165, 1.54) is 0 Å². The van der Waals surface area contributed by atoms with Crippen LogP contribution in [0.2, 0.25) is 0 Å². The molecular weight excluding hydrogens is 232 g/mol.